The van der Waals surface area contributed by atoms with E-state index in [-0.39, 0.29) is 12.0 Å². The molecular formula is C8H12N4O3. The van der Waals surface area contributed by atoms with Gasteiger partial charge < -0.3 is 10.1 Å². The predicted molar refractivity (Wildman–Crippen MR) is 52.0 cm³/mol. The number of nitrogens with zero attached hydrogens (tertiary/aromatic N) is 1. The smallest absolute Gasteiger partial charge is 0.342 e. The molecule has 1 aromatic heterocycles. The summed E-state index contributed by atoms with van der Waals surface area (Å²) in [4.78, 5) is 24.0. The van der Waals surface area contributed by atoms with Gasteiger partial charge in [-0.3, -0.25) is 9.78 Å². The van der Waals surface area contributed by atoms with Crippen LogP contribution < -0.4 is 21.3 Å². The molecule has 0 unspecified atom stereocenters. The van der Waals surface area contributed by atoms with E-state index in [0.717, 1.165) is 19.4 Å². The first-order chi connectivity index (χ1) is 7.25. The number of rotatable bonds is 2. The van der Waals surface area contributed by atoms with Gasteiger partial charge in [0.05, 0.1) is 0 Å². The molecule has 0 amide bonds. The number of nitrogens with one attached hydrogen (secondary N) is 3. The second-order valence-electron chi connectivity index (χ2n) is 3.40. The summed E-state index contributed by atoms with van der Waals surface area (Å²) in [5.41, 5.74) is -1.22. The Hall–Kier alpha value is -1.63. The maximum atomic E-state index is 11.2. The summed E-state index contributed by atoms with van der Waals surface area (Å²) in [6.45, 7) is 1.66. The van der Waals surface area contributed by atoms with Crippen LogP contribution >= 0.6 is 0 Å². The lowest BCUT2D eigenvalue weighted by Gasteiger charge is -2.22. The van der Waals surface area contributed by atoms with Crippen molar-refractivity contribution in [3.05, 3.63) is 20.8 Å². The molecule has 0 bridgehead atoms. The van der Waals surface area contributed by atoms with Crippen LogP contribution in [-0.2, 0) is 0 Å². The maximum Gasteiger partial charge on any atom is 0.342 e. The van der Waals surface area contributed by atoms with Crippen LogP contribution in [0.2, 0.25) is 0 Å². The molecule has 1 aliphatic heterocycles. The second kappa shape index (κ2) is 4.26. The van der Waals surface area contributed by atoms with Gasteiger partial charge in [-0.15, -0.1) is 5.10 Å². The molecule has 1 aromatic rings. The zero-order valence-electron chi connectivity index (χ0n) is 8.08. The Labute approximate surface area is 84.9 Å². The zero-order chi connectivity index (χ0) is 10.7. The predicted octanol–water partition coefficient (Wildman–Crippen LogP) is -1.41. The minimum Gasteiger partial charge on any atom is -0.468 e. The topological polar surface area (TPSA) is 99.9 Å². The zero-order valence-corrected chi connectivity index (χ0v) is 8.08. The fourth-order valence-corrected chi connectivity index (χ4v) is 1.50. The molecule has 7 nitrogen and oxygen atoms in total. The lowest BCUT2D eigenvalue weighted by atomic mass is 10.1. The van der Waals surface area contributed by atoms with E-state index in [1.807, 2.05) is 0 Å². The lowest BCUT2D eigenvalue weighted by Crippen LogP contribution is -2.39. The van der Waals surface area contributed by atoms with Crippen LogP contribution in [0.3, 0.4) is 0 Å². The highest BCUT2D eigenvalue weighted by Crippen LogP contribution is 2.07. The van der Waals surface area contributed by atoms with Gasteiger partial charge >= 0.3 is 11.2 Å². The summed E-state index contributed by atoms with van der Waals surface area (Å²) in [5.74, 6) is -0.0803. The van der Waals surface area contributed by atoms with Crippen molar-refractivity contribution in [2.75, 3.05) is 13.1 Å². The molecule has 15 heavy (non-hydrogen) atoms. The van der Waals surface area contributed by atoms with Crippen molar-refractivity contribution in [2.45, 2.75) is 18.9 Å². The van der Waals surface area contributed by atoms with Crippen LogP contribution in [0, 0.1) is 0 Å². The number of hydrogen-bond donors (Lipinski definition) is 3. The Morgan fingerprint density at radius 2 is 2.27 bits per heavy atom. The first-order valence-corrected chi connectivity index (χ1v) is 4.82. The molecule has 1 aliphatic rings. The number of aromatic amines is 2. The Morgan fingerprint density at radius 3 is 2.93 bits per heavy atom. The Bertz CT molecular complexity index is 432. The molecule has 0 radical (unpaired) electrons. The van der Waals surface area contributed by atoms with Crippen LogP contribution in [0.15, 0.2) is 9.59 Å². The van der Waals surface area contributed by atoms with Gasteiger partial charge in [0.1, 0.15) is 6.10 Å². The summed E-state index contributed by atoms with van der Waals surface area (Å²) >= 11 is 0. The van der Waals surface area contributed by atoms with Gasteiger partial charge in [-0.25, -0.2) is 9.89 Å². The maximum absolute atomic E-state index is 11.2. The third-order valence-corrected chi connectivity index (χ3v) is 2.21. The molecule has 0 saturated carbocycles. The van der Waals surface area contributed by atoms with E-state index in [1.165, 1.54) is 0 Å². The first-order valence-electron chi connectivity index (χ1n) is 4.82. The van der Waals surface area contributed by atoms with Gasteiger partial charge in [-0.2, -0.15) is 0 Å². The van der Waals surface area contributed by atoms with Crippen LogP contribution in [0.5, 0.6) is 5.88 Å². The highest BCUT2D eigenvalue weighted by Gasteiger charge is 2.16. The molecule has 7 heteroatoms. The highest BCUT2D eigenvalue weighted by molar-refractivity contribution is 5.00. The van der Waals surface area contributed by atoms with E-state index in [4.69, 9.17) is 4.74 Å². The Morgan fingerprint density at radius 1 is 1.40 bits per heavy atom. The Kier molecular flexibility index (Phi) is 2.82. The van der Waals surface area contributed by atoms with E-state index >= 15 is 0 Å². The lowest BCUT2D eigenvalue weighted by molar-refractivity contribution is 0.156. The second-order valence-corrected chi connectivity index (χ2v) is 3.40. The van der Waals surface area contributed by atoms with Crippen molar-refractivity contribution >= 4 is 0 Å². The van der Waals surface area contributed by atoms with E-state index in [9.17, 15) is 9.59 Å². The van der Waals surface area contributed by atoms with E-state index in [2.05, 4.69) is 20.5 Å². The van der Waals surface area contributed by atoms with Crippen LogP contribution in [0.25, 0.3) is 0 Å². The summed E-state index contributed by atoms with van der Waals surface area (Å²) in [6, 6.07) is 0. The molecule has 0 spiro atoms. The van der Waals surface area contributed by atoms with Crippen molar-refractivity contribution in [2.24, 2.45) is 0 Å². The van der Waals surface area contributed by atoms with Crippen molar-refractivity contribution in [3.63, 3.8) is 0 Å². The molecular weight excluding hydrogens is 200 g/mol. The molecule has 2 heterocycles. The number of aromatic nitrogens is 3. The average Bonchev–Trinajstić information content (AvgIpc) is 2.24. The summed E-state index contributed by atoms with van der Waals surface area (Å²) in [6.07, 6.45) is 1.83. The number of hydrogen-bond acceptors (Lipinski definition) is 5. The molecule has 0 aromatic carbocycles. The van der Waals surface area contributed by atoms with E-state index in [1.54, 1.807) is 0 Å². The molecule has 82 valence electrons. The molecule has 1 saturated heterocycles. The van der Waals surface area contributed by atoms with Crippen LogP contribution in [0.4, 0.5) is 0 Å². The molecule has 1 atom stereocenters. The van der Waals surface area contributed by atoms with Crippen LogP contribution in [0.1, 0.15) is 12.8 Å². The van der Waals surface area contributed by atoms with Gasteiger partial charge in [-0.1, -0.05) is 0 Å². The van der Waals surface area contributed by atoms with Gasteiger partial charge in [0.2, 0.25) is 0 Å². The monoisotopic (exact) mass is 212 g/mol. The largest absolute Gasteiger partial charge is 0.468 e. The van der Waals surface area contributed by atoms with Gasteiger partial charge in [0.15, 0.2) is 0 Å². The van der Waals surface area contributed by atoms with Gasteiger partial charge in [-0.05, 0) is 19.4 Å². The summed E-state index contributed by atoms with van der Waals surface area (Å²) in [5, 5.41) is 8.81. The third kappa shape index (κ3) is 2.44. The highest BCUT2D eigenvalue weighted by atomic mass is 16.5. The van der Waals surface area contributed by atoms with E-state index in [0.29, 0.717) is 6.54 Å². The van der Waals surface area contributed by atoms with Gasteiger partial charge in [0, 0.05) is 6.54 Å². The normalized spacial score (nSPS) is 21.2. The Balaban J connectivity index is 2.09. The molecule has 1 fully saturated rings. The fourth-order valence-electron chi connectivity index (χ4n) is 1.50. The van der Waals surface area contributed by atoms with Crippen molar-refractivity contribution in [1.29, 1.82) is 0 Å². The number of H-pyrrole nitrogens is 2. The molecule has 0 aliphatic carbocycles. The van der Waals surface area contributed by atoms with Crippen LogP contribution in [-0.4, -0.2) is 34.4 Å². The van der Waals surface area contributed by atoms with Crippen molar-refractivity contribution in [3.8, 4) is 5.88 Å². The minimum absolute atomic E-state index is 0.0572. The third-order valence-electron chi connectivity index (χ3n) is 2.21. The quantitative estimate of drug-likeness (QED) is 0.559. The number of ether oxygens (including phenoxy) is 1. The van der Waals surface area contributed by atoms with Crippen molar-refractivity contribution < 1.29 is 4.74 Å². The summed E-state index contributed by atoms with van der Waals surface area (Å²) < 4.78 is 5.35. The minimum atomic E-state index is -0.630. The molecule has 3 N–H and O–H groups in total. The van der Waals surface area contributed by atoms with E-state index < -0.39 is 11.2 Å². The average molecular weight is 212 g/mol. The van der Waals surface area contributed by atoms with Crippen molar-refractivity contribution in [1.82, 2.24) is 20.5 Å². The van der Waals surface area contributed by atoms with Gasteiger partial charge in [0.25, 0.3) is 5.88 Å². The standard InChI is InChI=1S/C8H12N4O3/c13-6-7(11-12-8(14)10-6)15-5-2-1-3-9-4-5/h5,9H,1-4H2,(H2,10,12,13,14)/t5-/m0/s1. The SMILES string of the molecule is O=c1[nH]nc(O[C@H]2CCCNC2)c(=O)[nH]1. The molecule has 2 rings (SSSR count). The first kappa shape index (κ1) is 9.91. The fraction of sp³-hybridized carbons (Fsp3) is 0.625. The number of piperidine rings is 1. The summed E-state index contributed by atoms with van der Waals surface area (Å²) in [7, 11) is 0.